The minimum absolute atomic E-state index is 0.0968. The van der Waals surface area contributed by atoms with Crippen LogP contribution in [0.3, 0.4) is 0 Å². The number of hydrogen-bond acceptors (Lipinski definition) is 3. The highest BCUT2D eigenvalue weighted by Gasteiger charge is 2.42. The molecule has 0 bridgehead atoms. The van der Waals surface area contributed by atoms with Gasteiger partial charge in [0.05, 0.1) is 5.02 Å². The van der Waals surface area contributed by atoms with E-state index < -0.39 is 18.1 Å². The van der Waals surface area contributed by atoms with E-state index in [1.54, 1.807) is 18.2 Å². The summed E-state index contributed by atoms with van der Waals surface area (Å²) in [5.74, 6) is -1.11. The first-order valence-corrected chi connectivity index (χ1v) is 9.31. The molecule has 2 aromatic rings. The molecule has 1 fully saturated rings. The van der Waals surface area contributed by atoms with Gasteiger partial charge in [-0.05, 0) is 52.0 Å². The van der Waals surface area contributed by atoms with Crippen molar-refractivity contribution in [3.63, 3.8) is 0 Å². The number of nitrogens with zero attached hydrogens (tertiary/aromatic N) is 1. The number of amides is 1. The van der Waals surface area contributed by atoms with Crippen LogP contribution in [0.5, 0.6) is 0 Å². The third-order valence-electron chi connectivity index (χ3n) is 4.13. The Morgan fingerprint density at radius 1 is 1.23 bits per heavy atom. The van der Waals surface area contributed by atoms with E-state index in [4.69, 9.17) is 16.3 Å². The molecule has 5 nitrogen and oxygen atoms in total. The summed E-state index contributed by atoms with van der Waals surface area (Å²) < 4.78 is 5.96. The second-order valence-corrected chi connectivity index (χ2v) is 7.35. The Bertz CT molecular complexity index is 810. The van der Waals surface area contributed by atoms with Crippen molar-refractivity contribution in [2.24, 2.45) is 0 Å². The van der Waals surface area contributed by atoms with Crippen molar-refractivity contribution >= 4 is 39.6 Å². The number of hydrogen-bond donors (Lipinski definition) is 1. The molecule has 1 atom stereocenters. The zero-order valence-electron chi connectivity index (χ0n) is 13.8. The molecule has 1 saturated carbocycles. The average molecular weight is 439 g/mol. The summed E-state index contributed by atoms with van der Waals surface area (Å²) in [4.78, 5) is 25.9. The Morgan fingerprint density at radius 2 is 1.92 bits per heavy atom. The maximum Gasteiger partial charge on any atom is 0.411 e. The van der Waals surface area contributed by atoms with Crippen LogP contribution in [0.1, 0.15) is 30.0 Å². The first kappa shape index (κ1) is 18.7. The second kappa shape index (κ2) is 8.10. The van der Waals surface area contributed by atoms with Gasteiger partial charge in [0.1, 0.15) is 6.61 Å². The van der Waals surface area contributed by atoms with Crippen molar-refractivity contribution in [1.29, 1.82) is 0 Å². The van der Waals surface area contributed by atoms with E-state index in [-0.39, 0.29) is 12.6 Å². The van der Waals surface area contributed by atoms with Crippen LogP contribution >= 0.6 is 27.5 Å². The fourth-order valence-corrected chi connectivity index (χ4v) is 3.23. The van der Waals surface area contributed by atoms with E-state index in [2.05, 4.69) is 15.9 Å². The molecule has 3 rings (SSSR count). The topological polar surface area (TPSA) is 66.8 Å². The quantitative estimate of drug-likeness (QED) is 0.687. The maximum absolute atomic E-state index is 12.7. The van der Waals surface area contributed by atoms with Crippen molar-refractivity contribution in [3.05, 3.63) is 69.2 Å². The predicted octanol–water partition coefficient (Wildman–Crippen LogP) is 5.03. The Balaban J connectivity index is 1.82. The highest BCUT2D eigenvalue weighted by Crippen LogP contribution is 2.37. The molecule has 0 aliphatic heterocycles. The number of carboxylic acid groups (broad SMARTS) is 1. The van der Waals surface area contributed by atoms with Gasteiger partial charge in [0.25, 0.3) is 0 Å². The van der Waals surface area contributed by atoms with Crippen LogP contribution in [-0.2, 0) is 16.1 Å². The summed E-state index contributed by atoms with van der Waals surface area (Å²) in [5.41, 5.74) is 1.31. The first-order chi connectivity index (χ1) is 12.5. The van der Waals surface area contributed by atoms with Crippen LogP contribution in [0.4, 0.5) is 4.79 Å². The van der Waals surface area contributed by atoms with E-state index in [1.807, 2.05) is 30.3 Å². The lowest BCUT2D eigenvalue weighted by molar-refractivity contribution is -0.143. The Labute approximate surface area is 164 Å². The molecule has 136 valence electrons. The van der Waals surface area contributed by atoms with E-state index in [0.717, 1.165) is 18.4 Å². The smallest absolute Gasteiger partial charge is 0.411 e. The molecule has 1 N–H and O–H groups in total. The molecular weight excluding hydrogens is 422 g/mol. The summed E-state index contributed by atoms with van der Waals surface area (Å²) >= 11 is 9.30. The molecule has 1 aliphatic carbocycles. The summed E-state index contributed by atoms with van der Waals surface area (Å²) in [6.07, 6.45) is 0.896. The number of ether oxygens (including phenoxy) is 1. The molecule has 1 amide bonds. The van der Waals surface area contributed by atoms with Crippen molar-refractivity contribution < 1.29 is 19.4 Å². The Kier molecular flexibility index (Phi) is 5.84. The van der Waals surface area contributed by atoms with Crippen LogP contribution in [0.2, 0.25) is 5.02 Å². The monoisotopic (exact) mass is 437 g/mol. The van der Waals surface area contributed by atoms with Gasteiger partial charge >= 0.3 is 12.1 Å². The Hall–Kier alpha value is -2.05. The number of carbonyl (C=O) groups is 2. The molecule has 1 unspecified atom stereocenters. The van der Waals surface area contributed by atoms with Crippen molar-refractivity contribution in [1.82, 2.24) is 4.90 Å². The minimum Gasteiger partial charge on any atom is -0.479 e. The molecule has 0 saturated heterocycles. The number of rotatable bonds is 6. The molecular formula is C19H17BrClNO4. The number of carboxylic acids is 1. The summed E-state index contributed by atoms with van der Waals surface area (Å²) in [6.45, 7) is 0.0968. The fraction of sp³-hybridized carbons (Fsp3) is 0.263. The number of carbonyl (C=O) groups excluding carboxylic acids is 1. The zero-order valence-corrected chi connectivity index (χ0v) is 16.1. The van der Waals surface area contributed by atoms with Crippen molar-refractivity contribution in [2.45, 2.75) is 31.5 Å². The minimum atomic E-state index is -1.13. The largest absolute Gasteiger partial charge is 0.479 e. The summed E-state index contributed by atoms with van der Waals surface area (Å²) in [6, 6.07) is 12.9. The molecule has 26 heavy (non-hydrogen) atoms. The standard InChI is InChI=1S/C19H17BrClNO4/c20-15-10-13(6-9-16(15)21)17(18(23)24)22(14-7-8-14)19(25)26-11-12-4-2-1-3-5-12/h1-6,9-10,14,17H,7-8,11H2,(H,23,24). The number of halogens is 2. The highest BCUT2D eigenvalue weighted by atomic mass is 79.9. The summed E-state index contributed by atoms with van der Waals surface area (Å²) in [7, 11) is 0. The number of benzene rings is 2. The van der Waals surface area contributed by atoms with Crippen molar-refractivity contribution in [2.75, 3.05) is 0 Å². The highest BCUT2D eigenvalue weighted by molar-refractivity contribution is 9.10. The van der Waals surface area contributed by atoms with Gasteiger partial charge in [0.2, 0.25) is 0 Å². The molecule has 0 spiro atoms. The average Bonchev–Trinajstić information content (AvgIpc) is 3.45. The molecule has 0 heterocycles. The van der Waals surface area contributed by atoms with Gasteiger partial charge in [-0.15, -0.1) is 0 Å². The van der Waals surface area contributed by atoms with Crippen LogP contribution in [-0.4, -0.2) is 28.1 Å². The Morgan fingerprint density at radius 3 is 2.50 bits per heavy atom. The van der Waals surface area contributed by atoms with Gasteiger partial charge in [-0.25, -0.2) is 9.59 Å². The maximum atomic E-state index is 12.7. The van der Waals surface area contributed by atoms with Crippen LogP contribution < -0.4 is 0 Å². The van der Waals surface area contributed by atoms with E-state index in [1.165, 1.54) is 4.90 Å². The molecule has 7 heteroatoms. The van der Waals surface area contributed by atoms with Gasteiger partial charge in [-0.1, -0.05) is 48.0 Å². The van der Waals surface area contributed by atoms with E-state index in [9.17, 15) is 14.7 Å². The van der Waals surface area contributed by atoms with E-state index >= 15 is 0 Å². The van der Waals surface area contributed by atoms with Gasteiger partial charge in [-0.2, -0.15) is 0 Å². The first-order valence-electron chi connectivity index (χ1n) is 8.14. The van der Waals surface area contributed by atoms with E-state index in [0.29, 0.717) is 15.1 Å². The molecule has 0 radical (unpaired) electrons. The van der Waals surface area contributed by atoms with Gasteiger partial charge in [-0.3, -0.25) is 4.90 Å². The van der Waals surface area contributed by atoms with Gasteiger partial charge < -0.3 is 9.84 Å². The second-order valence-electron chi connectivity index (χ2n) is 6.09. The third kappa shape index (κ3) is 4.37. The molecule has 1 aliphatic rings. The zero-order chi connectivity index (χ0) is 18.7. The lowest BCUT2D eigenvalue weighted by Crippen LogP contribution is -2.41. The van der Waals surface area contributed by atoms with Gasteiger partial charge in [0, 0.05) is 10.5 Å². The van der Waals surface area contributed by atoms with Crippen LogP contribution in [0.25, 0.3) is 0 Å². The van der Waals surface area contributed by atoms with Gasteiger partial charge in [0.15, 0.2) is 6.04 Å². The summed E-state index contributed by atoms with van der Waals surface area (Å²) in [5, 5.41) is 10.2. The lowest BCUT2D eigenvalue weighted by Gasteiger charge is -2.28. The lowest BCUT2D eigenvalue weighted by atomic mass is 10.1. The molecule has 2 aromatic carbocycles. The van der Waals surface area contributed by atoms with Crippen LogP contribution in [0, 0.1) is 0 Å². The molecule has 0 aromatic heterocycles. The van der Waals surface area contributed by atoms with Crippen LogP contribution in [0.15, 0.2) is 53.0 Å². The third-order valence-corrected chi connectivity index (χ3v) is 5.34. The SMILES string of the molecule is O=C(O)C(c1ccc(Cl)c(Br)c1)N(C(=O)OCc1ccccc1)C1CC1. The fourth-order valence-electron chi connectivity index (χ4n) is 2.72. The normalized spacial score (nSPS) is 14.5. The van der Waals surface area contributed by atoms with Crippen molar-refractivity contribution in [3.8, 4) is 0 Å². The predicted molar refractivity (Wildman–Crippen MR) is 101 cm³/mol. The number of aliphatic carboxylic acids is 1.